The van der Waals surface area contributed by atoms with Gasteiger partial charge in [0.15, 0.2) is 0 Å². The lowest BCUT2D eigenvalue weighted by atomic mass is 10.4. The van der Waals surface area contributed by atoms with Crippen LogP contribution in [0.4, 0.5) is 5.95 Å². The highest BCUT2D eigenvalue weighted by atomic mass is 35.5. The average Bonchev–Trinajstić information content (AvgIpc) is 2.29. The number of nitrogens with one attached hydrogen (secondary N) is 1. The molecule has 0 radical (unpaired) electrons. The standard InChI is InChI=1S/C11H10ClN3S/c1-13-11-14-6-5-10(15-11)16-9-4-2-3-8(12)7-9/h2-7H,1H3,(H,13,14,15). The van der Waals surface area contributed by atoms with E-state index in [1.807, 2.05) is 30.3 Å². The molecule has 0 atom stereocenters. The number of anilines is 1. The van der Waals surface area contributed by atoms with Gasteiger partial charge in [0.25, 0.3) is 0 Å². The van der Waals surface area contributed by atoms with E-state index in [9.17, 15) is 0 Å². The molecule has 0 unspecified atom stereocenters. The minimum atomic E-state index is 0.618. The van der Waals surface area contributed by atoms with E-state index in [2.05, 4.69) is 15.3 Å². The van der Waals surface area contributed by atoms with Gasteiger partial charge >= 0.3 is 0 Å². The van der Waals surface area contributed by atoms with Gasteiger partial charge in [0.05, 0.1) is 0 Å². The van der Waals surface area contributed by atoms with Gasteiger partial charge in [0, 0.05) is 23.2 Å². The normalized spacial score (nSPS) is 10.1. The predicted octanol–water partition coefficient (Wildman–Crippen LogP) is 3.32. The Morgan fingerprint density at radius 1 is 1.31 bits per heavy atom. The van der Waals surface area contributed by atoms with Crippen molar-refractivity contribution in [2.24, 2.45) is 0 Å². The molecule has 1 aromatic heterocycles. The molecule has 0 bridgehead atoms. The molecule has 0 saturated carbocycles. The summed E-state index contributed by atoms with van der Waals surface area (Å²) < 4.78 is 0. The molecule has 0 fully saturated rings. The Bertz CT molecular complexity index is 490. The lowest BCUT2D eigenvalue weighted by molar-refractivity contribution is 1.05. The molecular weight excluding hydrogens is 242 g/mol. The molecule has 82 valence electrons. The van der Waals surface area contributed by atoms with Gasteiger partial charge < -0.3 is 5.32 Å². The van der Waals surface area contributed by atoms with Crippen LogP contribution in [-0.2, 0) is 0 Å². The summed E-state index contributed by atoms with van der Waals surface area (Å²) in [7, 11) is 1.79. The first-order valence-corrected chi connectivity index (χ1v) is 5.91. The van der Waals surface area contributed by atoms with E-state index in [0.29, 0.717) is 5.95 Å². The zero-order valence-corrected chi connectivity index (χ0v) is 10.2. The van der Waals surface area contributed by atoms with E-state index in [-0.39, 0.29) is 0 Å². The van der Waals surface area contributed by atoms with E-state index in [1.54, 1.807) is 25.0 Å². The Morgan fingerprint density at radius 2 is 2.19 bits per heavy atom. The van der Waals surface area contributed by atoms with Crippen LogP contribution in [0.15, 0.2) is 46.5 Å². The Balaban J connectivity index is 2.20. The topological polar surface area (TPSA) is 37.8 Å². The molecule has 1 N–H and O–H groups in total. The van der Waals surface area contributed by atoms with Crippen LogP contribution in [0, 0.1) is 0 Å². The number of hydrogen-bond donors (Lipinski definition) is 1. The second kappa shape index (κ2) is 5.18. The number of benzene rings is 1. The first kappa shape index (κ1) is 11.2. The van der Waals surface area contributed by atoms with E-state index in [4.69, 9.17) is 11.6 Å². The molecule has 16 heavy (non-hydrogen) atoms. The maximum absolute atomic E-state index is 5.91. The third kappa shape index (κ3) is 2.87. The van der Waals surface area contributed by atoms with Crippen LogP contribution in [0.2, 0.25) is 5.02 Å². The Hall–Kier alpha value is -1.26. The molecule has 0 aliphatic heterocycles. The SMILES string of the molecule is CNc1nccc(Sc2cccc(Cl)c2)n1. The van der Waals surface area contributed by atoms with E-state index >= 15 is 0 Å². The van der Waals surface area contributed by atoms with Gasteiger partial charge in [-0.25, -0.2) is 9.97 Å². The van der Waals surface area contributed by atoms with E-state index < -0.39 is 0 Å². The Labute approximate surface area is 103 Å². The van der Waals surface area contributed by atoms with E-state index in [0.717, 1.165) is 14.9 Å². The van der Waals surface area contributed by atoms with Crippen molar-refractivity contribution in [3.05, 3.63) is 41.6 Å². The quantitative estimate of drug-likeness (QED) is 0.850. The van der Waals surface area contributed by atoms with Crippen molar-refractivity contribution in [2.75, 3.05) is 12.4 Å². The van der Waals surface area contributed by atoms with Crippen LogP contribution < -0.4 is 5.32 Å². The highest BCUT2D eigenvalue weighted by Crippen LogP contribution is 2.27. The average molecular weight is 252 g/mol. The summed E-state index contributed by atoms with van der Waals surface area (Å²) in [5.74, 6) is 0.618. The fourth-order valence-electron chi connectivity index (χ4n) is 1.17. The highest BCUT2D eigenvalue weighted by Gasteiger charge is 2.01. The second-order valence-corrected chi connectivity index (χ2v) is 4.56. The van der Waals surface area contributed by atoms with Gasteiger partial charge in [-0.1, -0.05) is 29.4 Å². The van der Waals surface area contributed by atoms with Crippen LogP contribution in [0.3, 0.4) is 0 Å². The molecular formula is C11H10ClN3S. The number of hydrogen-bond acceptors (Lipinski definition) is 4. The lowest BCUT2D eigenvalue weighted by Gasteiger charge is -2.03. The van der Waals surface area contributed by atoms with Crippen molar-refractivity contribution >= 4 is 29.3 Å². The van der Waals surface area contributed by atoms with Crippen molar-refractivity contribution in [1.29, 1.82) is 0 Å². The van der Waals surface area contributed by atoms with Gasteiger partial charge in [0.2, 0.25) is 5.95 Å². The molecule has 0 spiro atoms. The zero-order chi connectivity index (χ0) is 11.4. The van der Waals surface area contributed by atoms with Crippen LogP contribution in [0.5, 0.6) is 0 Å². The summed E-state index contributed by atoms with van der Waals surface area (Å²) in [6, 6.07) is 9.55. The lowest BCUT2D eigenvalue weighted by Crippen LogP contribution is -1.95. The molecule has 3 nitrogen and oxygen atoms in total. The summed E-state index contributed by atoms with van der Waals surface area (Å²) in [6.07, 6.45) is 1.73. The minimum Gasteiger partial charge on any atom is -0.357 e. The molecule has 2 aromatic rings. The fraction of sp³-hybridized carbons (Fsp3) is 0.0909. The molecule has 0 saturated heterocycles. The molecule has 0 amide bonds. The molecule has 1 aromatic carbocycles. The molecule has 2 rings (SSSR count). The van der Waals surface area contributed by atoms with Gasteiger partial charge in [-0.3, -0.25) is 0 Å². The summed E-state index contributed by atoms with van der Waals surface area (Å²) in [5, 5.41) is 4.52. The minimum absolute atomic E-state index is 0.618. The molecule has 0 aliphatic rings. The van der Waals surface area contributed by atoms with Crippen LogP contribution in [0.25, 0.3) is 0 Å². The fourth-order valence-corrected chi connectivity index (χ4v) is 2.26. The molecule has 5 heteroatoms. The van der Waals surface area contributed by atoms with Gasteiger partial charge in [-0.2, -0.15) is 0 Å². The summed E-state index contributed by atoms with van der Waals surface area (Å²) in [4.78, 5) is 9.43. The summed E-state index contributed by atoms with van der Waals surface area (Å²) in [5.41, 5.74) is 0. The summed E-state index contributed by atoms with van der Waals surface area (Å²) in [6.45, 7) is 0. The van der Waals surface area contributed by atoms with Crippen molar-refractivity contribution in [1.82, 2.24) is 9.97 Å². The van der Waals surface area contributed by atoms with Crippen LogP contribution in [0.1, 0.15) is 0 Å². The monoisotopic (exact) mass is 251 g/mol. The maximum atomic E-state index is 5.91. The van der Waals surface area contributed by atoms with Crippen molar-refractivity contribution < 1.29 is 0 Å². The van der Waals surface area contributed by atoms with Gasteiger partial charge in [-0.15, -0.1) is 0 Å². The molecule has 1 heterocycles. The van der Waals surface area contributed by atoms with Crippen molar-refractivity contribution in [3.8, 4) is 0 Å². The van der Waals surface area contributed by atoms with Gasteiger partial charge in [0.1, 0.15) is 5.03 Å². The third-order valence-corrected chi connectivity index (χ3v) is 3.03. The number of aromatic nitrogens is 2. The van der Waals surface area contributed by atoms with Crippen LogP contribution in [-0.4, -0.2) is 17.0 Å². The Kier molecular flexibility index (Phi) is 3.64. The third-order valence-electron chi connectivity index (χ3n) is 1.87. The van der Waals surface area contributed by atoms with Gasteiger partial charge in [-0.05, 0) is 24.3 Å². The van der Waals surface area contributed by atoms with Crippen LogP contribution >= 0.6 is 23.4 Å². The zero-order valence-electron chi connectivity index (χ0n) is 8.64. The number of halogens is 1. The predicted molar refractivity (Wildman–Crippen MR) is 67.2 cm³/mol. The first-order valence-electron chi connectivity index (χ1n) is 4.72. The van der Waals surface area contributed by atoms with Crippen molar-refractivity contribution in [2.45, 2.75) is 9.92 Å². The molecule has 0 aliphatic carbocycles. The Morgan fingerprint density at radius 3 is 2.94 bits per heavy atom. The summed E-state index contributed by atoms with van der Waals surface area (Å²) >= 11 is 7.47. The van der Waals surface area contributed by atoms with Crippen molar-refractivity contribution in [3.63, 3.8) is 0 Å². The maximum Gasteiger partial charge on any atom is 0.223 e. The smallest absolute Gasteiger partial charge is 0.223 e. The van der Waals surface area contributed by atoms with E-state index in [1.165, 1.54) is 0 Å². The number of rotatable bonds is 3. The highest BCUT2D eigenvalue weighted by molar-refractivity contribution is 7.99. The number of nitrogens with zero attached hydrogens (tertiary/aromatic N) is 2. The largest absolute Gasteiger partial charge is 0.357 e. The first-order chi connectivity index (χ1) is 7.78. The second-order valence-electron chi connectivity index (χ2n) is 3.03.